The SMILES string of the molecule is CC(C)(C(=N)N)c1nc(N)c2[nH]cnc2n1. The van der Waals surface area contributed by atoms with Gasteiger partial charge >= 0.3 is 0 Å². The van der Waals surface area contributed by atoms with E-state index in [9.17, 15) is 0 Å². The first kappa shape index (κ1) is 10.3. The Kier molecular flexibility index (Phi) is 2.04. The van der Waals surface area contributed by atoms with Crippen LogP contribution < -0.4 is 11.5 Å². The first-order valence-corrected chi connectivity index (χ1v) is 4.74. The minimum atomic E-state index is -0.749. The Balaban J connectivity index is 2.66. The van der Waals surface area contributed by atoms with Crippen molar-refractivity contribution in [2.75, 3.05) is 5.73 Å². The van der Waals surface area contributed by atoms with Gasteiger partial charge in [0.1, 0.15) is 17.2 Å². The number of fused-ring (bicyclic) bond motifs is 1. The van der Waals surface area contributed by atoms with Gasteiger partial charge in [-0.3, -0.25) is 5.41 Å². The third-order valence-electron chi connectivity index (χ3n) is 2.55. The highest BCUT2D eigenvalue weighted by molar-refractivity contribution is 5.88. The zero-order valence-electron chi connectivity index (χ0n) is 9.07. The van der Waals surface area contributed by atoms with E-state index < -0.39 is 5.41 Å². The molecule has 0 aliphatic rings. The minimum Gasteiger partial charge on any atom is -0.387 e. The molecule has 0 amide bonds. The second kappa shape index (κ2) is 3.16. The van der Waals surface area contributed by atoms with Gasteiger partial charge in [0.05, 0.1) is 11.7 Å². The standard InChI is InChI=1S/C9H13N7/c1-9(2,7(11)12)8-15-5(10)4-6(16-8)14-3-13-4/h3H,1-2H3,(H3,11,12)(H3,10,13,14,15,16). The zero-order chi connectivity index (χ0) is 11.9. The van der Waals surface area contributed by atoms with Crippen LogP contribution in [0.1, 0.15) is 19.7 Å². The Labute approximate surface area is 91.8 Å². The van der Waals surface area contributed by atoms with E-state index in [0.717, 1.165) is 0 Å². The molecule has 0 saturated carbocycles. The van der Waals surface area contributed by atoms with Gasteiger partial charge in [-0.2, -0.15) is 0 Å². The Morgan fingerprint density at radius 2 is 2.12 bits per heavy atom. The average Bonchev–Trinajstić information content (AvgIpc) is 2.65. The van der Waals surface area contributed by atoms with Crippen LogP contribution in [0.15, 0.2) is 6.33 Å². The fraction of sp³-hybridized carbons (Fsp3) is 0.333. The summed E-state index contributed by atoms with van der Waals surface area (Å²) in [6.07, 6.45) is 1.50. The molecule has 0 atom stereocenters. The molecule has 0 aromatic carbocycles. The van der Waals surface area contributed by atoms with Crippen molar-refractivity contribution >= 4 is 22.8 Å². The summed E-state index contributed by atoms with van der Waals surface area (Å²) < 4.78 is 0. The van der Waals surface area contributed by atoms with Gasteiger partial charge < -0.3 is 16.5 Å². The quantitative estimate of drug-likeness (QED) is 0.422. The molecule has 2 heterocycles. The fourth-order valence-electron chi connectivity index (χ4n) is 1.26. The number of nitrogens with zero attached hydrogens (tertiary/aromatic N) is 3. The first-order chi connectivity index (χ1) is 7.43. The number of H-pyrrole nitrogens is 1. The summed E-state index contributed by atoms with van der Waals surface area (Å²) in [5, 5.41) is 7.50. The average molecular weight is 219 g/mol. The van der Waals surface area contributed by atoms with E-state index in [-0.39, 0.29) is 5.84 Å². The Morgan fingerprint density at radius 1 is 1.44 bits per heavy atom. The number of hydrogen-bond donors (Lipinski definition) is 4. The number of hydrogen-bond acceptors (Lipinski definition) is 5. The minimum absolute atomic E-state index is 0.0122. The molecule has 7 nitrogen and oxygen atoms in total. The van der Waals surface area contributed by atoms with E-state index in [1.807, 2.05) is 0 Å². The van der Waals surface area contributed by atoms with Crippen molar-refractivity contribution in [1.29, 1.82) is 5.41 Å². The first-order valence-electron chi connectivity index (χ1n) is 4.74. The molecule has 84 valence electrons. The van der Waals surface area contributed by atoms with Gasteiger partial charge in [-0.25, -0.2) is 15.0 Å². The van der Waals surface area contributed by atoms with E-state index in [4.69, 9.17) is 16.9 Å². The number of rotatable bonds is 2. The lowest BCUT2D eigenvalue weighted by Crippen LogP contribution is -2.36. The second-order valence-corrected chi connectivity index (χ2v) is 4.07. The van der Waals surface area contributed by atoms with Crippen molar-refractivity contribution in [1.82, 2.24) is 19.9 Å². The van der Waals surface area contributed by atoms with Crippen LogP contribution in [-0.4, -0.2) is 25.8 Å². The molecular weight excluding hydrogens is 206 g/mol. The van der Waals surface area contributed by atoms with E-state index in [0.29, 0.717) is 22.8 Å². The third kappa shape index (κ3) is 1.37. The summed E-state index contributed by atoms with van der Waals surface area (Å²) in [5.74, 6) is 0.700. The second-order valence-electron chi connectivity index (χ2n) is 4.07. The van der Waals surface area contributed by atoms with Crippen LogP contribution in [-0.2, 0) is 5.41 Å². The molecule has 2 rings (SSSR count). The Bertz CT molecular complexity index is 554. The number of aromatic nitrogens is 4. The van der Waals surface area contributed by atoms with Crippen LogP contribution in [0.25, 0.3) is 11.2 Å². The summed E-state index contributed by atoms with van der Waals surface area (Å²) in [6.45, 7) is 3.53. The van der Waals surface area contributed by atoms with Gasteiger partial charge in [0.2, 0.25) is 0 Å². The number of nitrogens with two attached hydrogens (primary N) is 2. The lowest BCUT2D eigenvalue weighted by atomic mass is 9.91. The summed E-state index contributed by atoms with van der Waals surface area (Å²) in [5.41, 5.74) is 11.6. The number of anilines is 1. The molecule has 16 heavy (non-hydrogen) atoms. The van der Waals surface area contributed by atoms with Crippen LogP contribution in [0.2, 0.25) is 0 Å². The van der Waals surface area contributed by atoms with Crippen molar-refractivity contribution in [3.63, 3.8) is 0 Å². The summed E-state index contributed by atoms with van der Waals surface area (Å²) >= 11 is 0. The molecule has 0 aliphatic heterocycles. The van der Waals surface area contributed by atoms with Crippen molar-refractivity contribution < 1.29 is 0 Å². The van der Waals surface area contributed by atoms with Crippen LogP contribution in [0, 0.1) is 5.41 Å². The smallest absolute Gasteiger partial charge is 0.183 e. The predicted molar refractivity (Wildman–Crippen MR) is 61.0 cm³/mol. The third-order valence-corrected chi connectivity index (χ3v) is 2.55. The van der Waals surface area contributed by atoms with Gasteiger partial charge in [0.15, 0.2) is 11.5 Å². The zero-order valence-corrected chi connectivity index (χ0v) is 9.07. The highest BCUT2D eigenvalue weighted by Crippen LogP contribution is 2.22. The molecule has 6 N–H and O–H groups in total. The molecule has 0 saturated heterocycles. The van der Waals surface area contributed by atoms with E-state index in [1.165, 1.54) is 6.33 Å². The maximum absolute atomic E-state index is 7.50. The maximum Gasteiger partial charge on any atom is 0.183 e. The summed E-state index contributed by atoms with van der Waals surface area (Å²) in [4.78, 5) is 15.2. The molecule has 2 aromatic rings. The highest BCUT2D eigenvalue weighted by atomic mass is 15.1. The molecule has 2 aromatic heterocycles. The van der Waals surface area contributed by atoms with Crippen molar-refractivity contribution in [2.24, 2.45) is 5.73 Å². The van der Waals surface area contributed by atoms with E-state index in [2.05, 4.69) is 19.9 Å². The molecule has 0 bridgehead atoms. The molecular formula is C9H13N7. The number of nitrogen functional groups attached to an aromatic ring is 1. The fourth-order valence-corrected chi connectivity index (χ4v) is 1.26. The maximum atomic E-state index is 7.50. The van der Waals surface area contributed by atoms with Gasteiger partial charge in [-0.15, -0.1) is 0 Å². The number of aromatic amines is 1. The normalized spacial score (nSPS) is 11.9. The molecule has 0 aliphatic carbocycles. The monoisotopic (exact) mass is 219 g/mol. The van der Waals surface area contributed by atoms with Crippen LogP contribution in [0.4, 0.5) is 5.82 Å². The van der Waals surface area contributed by atoms with Crippen molar-refractivity contribution in [3.8, 4) is 0 Å². The number of nitrogens with one attached hydrogen (secondary N) is 2. The van der Waals surface area contributed by atoms with Gasteiger partial charge in [0, 0.05) is 0 Å². The molecule has 0 unspecified atom stereocenters. The van der Waals surface area contributed by atoms with E-state index in [1.54, 1.807) is 13.8 Å². The topological polar surface area (TPSA) is 130 Å². The van der Waals surface area contributed by atoms with Crippen LogP contribution in [0.5, 0.6) is 0 Å². The number of amidine groups is 1. The Hall–Kier alpha value is -2.18. The van der Waals surface area contributed by atoms with Gasteiger partial charge in [0.25, 0.3) is 0 Å². The van der Waals surface area contributed by atoms with Crippen molar-refractivity contribution in [2.45, 2.75) is 19.3 Å². The summed E-state index contributed by atoms with van der Waals surface area (Å²) in [6, 6.07) is 0. The lowest BCUT2D eigenvalue weighted by molar-refractivity contribution is 0.650. The molecule has 7 heteroatoms. The number of imidazole rings is 1. The Morgan fingerprint density at radius 3 is 2.75 bits per heavy atom. The van der Waals surface area contributed by atoms with Gasteiger partial charge in [-0.1, -0.05) is 0 Å². The molecule has 0 fully saturated rings. The van der Waals surface area contributed by atoms with Crippen LogP contribution >= 0.6 is 0 Å². The highest BCUT2D eigenvalue weighted by Gasteiger charge is 2.29. The molecule has 0 spiro atoms. The predicted octanol–water partition coefficient (Wildman–Crippen LogP) is 0.149. The summed E-state index contributed by atoms with van der Waals surface area (Å²) in [7, 11) is 0. The lowest BCUT2D eigenvalue weighted by Gasteiger charge is -2.20. The molecule has 0 radical (unpaired) electrons. The largest absolute Gasteiger partial charge is 0.387 e. The van der Waals surface area contributed by atoms with Crippen molar-refractivity contribution in [3.05, 3.63) is 12.2 Å². The van der Waals surface area contributed by atoms with Crippen LogP contribution in [0.3, 0.4) is 0 Å². The van der Waals surface area contributed by atoms with E-state index >= 15 is 0 Å². The van der Waals surface area contributed by atoms with Gasteiger partial charge in [-0.05, 0) is 13.8 Å².